The highest BCUT2D eigenvalue weighted by atomic mass is 16.2. The van der Waals surface area contributed by atoms with Crippen molar-refractivity contribution in [3.63, 3.8) is 0 Å². The normalized spacial score (nSPS) is 9.33. The molecular formula is C9H10N2O. The second-order valence-corrected chi connectivity index (χ2v) is 2.45. The van der Waals surface area contributed by atoms with Crippen molar-refractivity contribution in [1.29, 1.82) is 5.26 Å². The maximum Gasteiger partial charge on any atom is 0.143 e. The quantitative estimate of drug-likeness (QED) is 0.717. The molecule has 0 saturated carbocycles. The third-order valence-electron chi connectivity index (χ3n) is 1.60. The van der Waals surface area contributed by atoms with Gasteiger partial charge >= 0.3 is 0 Å². The van der Waals surface area contributed by atoms with E-state index in [2.05, 4.69) is 4.98 Å². The first kappa shape index (κ1) is 8.69. The highest BCUT2D eigenvalue weighted by Gasteiger charge is 2.00. The van der Waals surface area contributed by atoms with Crippen LogP contribution in [0.2, 0.25) is 0 Å². The van der Waals surface area contributed by atoms with E-state index in [1.165, 1.54) is 0 Å². The van der Waals surface area contributed by atoms with E-state index in [0.717, 1.165) is 5.56 Å². The predicted molar refractivity (Wildman–Crippen MR) is 44.4 cm³/mol. The third kappa shape index (κ3) is 2.04. The number of hydrogen-bond donors (Lipinski definition) is 1. The monoisotopic (exact) mass is 162 g/mol. The summed E-state index contributed by atoms with van der Waals surface area (Å²) in [5.41, 5.74) is 1.38. The molecule has 0 fully saturated rings. The van der Waals surface area contributed by atoms with Crippen LogP contribution in [0, 0.1) is 11.3 Å². The van der Waals surface area contributed by atoms with E-state index in [1.54, 1.807) is 12.3 Å². The van der Waals surface area contributed by atoms with Crippen LogP contribution in [0.1, 0.15) is 17.7 Å². The molecule has 1 aromatic rings. The lowest BCUT2D eigenvalue weighted by Crippen LogP contribution is -1.94. The molecule has 3 heteroatoms. The maximum absolute atomic E-state index is 8.64. The minimum Gasteiger partial charge on any atom is -0.396 e. The van der Waals surface area contributed by atoms with Gasteiger partial charge in [0.15, 0.2) is 0 Å². The summed E-state index contributed by atoms with van der Waals surface area (Å²) in [4.78, 5) is 3.91. The molecule has 1 aromatic heterocycles. The van der Waals surface area contributed by atoms with Crippen LogP contribution in [0.3, 0.4) is 0 Å². The minimum absolute atomic E-state index is 0.153. The molecular weight excluding hydrogens is 152 g/mol. The summed E-state index contributed by atoms with van der Waals surface area (Å²) in [6.45, 7) is 0.153. The van der Waals surface area contributed by atoms with Crippen molar-refractivity contribution in [2.24, 2.45) is 0 Å². The zero-order valence-electron chi connectivity index (χ0n) is 6.70. The summed E-state index contributed by atoms with van der Waals surface area (Å²) in [5, 5.41) is 17.2. The Morgan fingerprint density at radius 1 is 1.58 bits per heavy atom. The number of aryl methyl sites for hydroxylation is 1. The standard InChI is InChI=1S/C9H10N2O/c10-7-9-8(4-2-6-12)3-1-5-11-9/h1,3,5,12H,2,4,6H2. The van der Waals surface area contributed by atoms with Crippen LogP contribution in [0.15, 0.2) is 18.3 Å². The number of aliphatic hydroxyl groups is 1. The smallest absolute Gasteiger partial charge is 0.143 e. The van der Waals surface area contributed by atoms with Gasteiger partial charge in [-0.1, -0.05) is 6.07 Å². The van der Waals surface area contributed by atoms with Crippen LogP contribution in [-0.4, -0.2) is 16.7 Å². The molecule has 0 atom stereocenters. The lowest BCUT2D eigenvalue weighted by atomic mass is 10.1. The number of nitriles is 1. The highest BCUT2D eigenvalue weighted by Crippen LogP contribution is 2.06. The van der Waals surface area contributed by atoms with E-state index in [-0.39, 0.29) is 6.61 Å². The molecule has 0 aliphatic heterocycles. The summed E-state index contributed by atoms with van der Waals surface area (Å²) >= 11 is 0. The Morgan fingerprint density at radius 3 is 3.08 bits per heavy atom. The van der Waals surface area contributed by atoms with Crippen molar-refractivity contribution >= 4 is 0 Å². The van der Waals surface area contributed by atoms with E-state index in [0.29, 0.717) is 18.5 Å². The summed E-state index contributed by atoms with van der Waals surface area (Å²) in [6.07, 6.45) is 2.99. The molecule has 0 aliphatic rings. The molecule has 0 bridgehead atoms. The van der Waals surface area contributed by atoms with E-state index in [4.69, 9.17) is 10.4 Å². The fourth-order valence-electron chi connectivity index (χ4n) is 1.01. The third-order valence-corrected chi connectivity index (χ3v) is 1.60. The average Bonchev–Trinajstić information content (AvgIpc) is 2.15. The van der Waals surface area contributed by atoms with Gasteiger partial charge in [-0.2, -0.15) is 5.26 Å². The summed E-state index contributed by atoms with van der Waals surface area (Å²) in [7, 11) is 0. The number of pyridine rings is 1. The Labute approximate surface area is 71.3 Å². The van der Waals surface area contributed by atoms with Crippen LogP contribution in [0.25, 0.3) is 0 Å². The highest BCUT2D eigenvalue weighted by molar-refractivity contribution is 5.30. The molecule has 62 valence electrons. The van der Waals surface area contributed by atoms with Gasteiger partial charge in [0.25, 0.3) is 0 Å². The first-order valence-corrected chi connectivity index (χ1v) is 3.83. The van der Waals surface area contributed by atoms with Gasteiger partial charge in [0.2, 0.25) is 0 Å². The molecule has 0 spiro atoms. The Morgan fingerprint density at radius 2 is 2.42 bits per heavy atom. The van der Waals surface area contributed by atoms with Crippen molar-refractivity contribution in [2.45, 2.75) is 12.8 Å². The van der Waals surface area contributed by atoms with Crippen molar-refractivity contribution < 1.29 is 5.11 Å². The van der Waals surface area contributed by atoms with Crippen molar-refractivity contribution in [3.8, 4) is 6.07 Å². The van der Waals surface area contributed by atoms with Gasteiger partial charge in [0, 0.05) is 12.8 Å². The van der Waals surface area contributed by atoms with Crippen molar-refractivity contribution in [3.05, 3.63) is 29.6 Å². The Hall–Kier alpha value is -1.40. The fraction of sp³-hybridized carbons (Fsp3) is 0.333. The largest absolute Gasteiger partial charge is 0.396 e. The van der Waals surface area contributed by atoms with Crippen LogP contribution in [-0.2, 0) is 6.42 Å². The fourth-order valence-corrected chi connectivity index (χ4v) is 1.01. The average molecular weight is 162 g/mol. The second kappa shape index (κ2) is 4.47. The van der Waals surface area contributed by atoms with Gasteiger partial charge in [-0.15, -0.1) is 0 Å². The molecule has 1 N–H and O–H groups in total. The minimum atomic E-state index is 0.153. The number of aliphatic hydroxyl groups excluding tert-OH is 1. The molecule has 0 saturated heterocycles. The maximum atomic E-state index is 8.64. The van der Waals surface area contributed by atoms with Crippen LogP contribution in [0.5, 0.6) is 0 Å². The molecule has 1 rings (SSSR count). The van der Waals surface area contributed by atoms with Gasteiger partial charge in [0.1, 0.15) is 11.8 Å². The Balaban J connectivity index is 2.77. The van der Waals surface area contributed by atoms with Crippen molar-refractivity contribution in [2.75, 3.05) is 6.61 Å². The summed E-state index contributed by atoms with van der Waals surface area (Å²) < 4.78 is 0. The molecule has 12 heavy (non-hydrogen) atoms. The first-order chi connectivity index (χ1) is 5.88. The molecule has 0 radical (unpaired) electrons. The zero-order chi connectivity index (χ0) is 8.81. The molecule has 0 aromatic carbocycles. The van der Waals surface area contributed by atoms with E-state index >= 15 is 0 Å². The van der Waals surface area contributed by atoms with E-state index < -0.39 is 0 Å². The second-order valence-electron chi connectivity index (χ2n) is 2.45. The van der Waals surface area contributed by atoms with Gasteiger partial charge in [0.05, 0.1) is 0 Å². The molecule has 0 unspecified atom stereocenters. The van der Waals surface area contributed by atoms with Crippen molar-refractivity contribution in [1.82, 2.24) is 4.98 Å². The lowest BCUT2D eigenvalue weighted by Gasteiger charge is -1.99. The Kier molecular flexibility index (Phi) is 3.24. The number of hydrogen-bond acceptors (Lipinski definition) is 3. The molecule has 3 nitrogen and oxygen atoms in total. The molecule has 0 aliphatic carbocycles. The molecule has 1 heterocycles. The van der Waals surface area contributed by atoms with Gasteiger partial charge in [-0.3, -0.25) is 0 Å². The number of rotatable bonds is 3. The Bertz CT molecular complexity index is 291. The van der Waals surface area contributed by atoms with E-state index in [1.807, 2.05) is 12.1 Å². The zero-order valence-corrected chi connectivity index (χ0v) is 6.70. The van der Waals surface area contributed by atoms with Crippen LogP contribution < -0.4 is 0 Å². The predicted octanol–water partition coefficient (Wildman–Crippen LogP) is 0.878. The van der Waals surface area contributed by atoms with Crippen LogP contribution in [0.4, 0.5) is 0 Å². The lowest BCUT2D eigenvalue weighted by molar-refractivity contribution is 0.288. The van der Waals surface area contributed by atoms with Crippen LogP contribution >= 0.6 is 0 Å². The van der Waals surface area contributed by atoms with E-state index in [9.17, 15) is 0 Å². The SMILES string of the molecule is N#Cc1ncccc1CCCO. The summed E-state index contributed by atoms with van der Waals surface area (Å²) in [6, 6.07) is 5.67. The number of nitrogens with zero attached hydrogens (tertiary/aromatic N) is 2. The summed E-state index contributed by atoms with van der Waals surface area (Å²) in [5.74, 6) is 0. The topological polar surface area (TPSA) is 56.9 Å². The molecule has 0 amide bonds. The number of aromatic nitrogens is 1. The van der Waals surface area contributed by atoms with Gasteiger partial charge in [-0.05, 0) is 24.5 Å². The first-order valence-electron chi connectivity index (χ1n) is 3.83. The van der Waals surface area contributed by atoms with Gasteiger partial charge in [-0.25, -0.2) is 4.98 Å². The van der Waals surface area contributed by atoms with Gasteiger partial charge < -0.3 is 5.11 Å².